The lowest BCUT2D eigenvalue weighted by atomic mass is 10.1. The van der Waals surface area contributed by atoms with Gasteiger partial charge in [-0.3, -0.25) is 0 Å². The Labute approximate surface area is 57.7 Å². The summed E-state index contributed by atoms with van der Waals surface area (Å²) in [6.45, 7) is 3.46. The van der Waals surface area contributed by atoms with Gasteiger partial charge in [0.1, 0.15) is 0 Å². The summed E-state index contributed by atoms with van der Waals surface area (Å²) in [7, 11) is 0. The van der Waals surface area contributed by atoms with Crippen molar-refractivity contribution in [1.82, 2.24) is 0 Å². The normalized spacial score (nSPS) is 11.6. The van der Waals surface area contributed by atoms with Crippen LogP contribution in [0.3, 0.4) is 0 Å². The molecule has 0 unspecified atom stereocenters. The topological polar surface area (TPSA) is 26.0 Å². The highest BCUT2D eigenvalue weighted by atomic mass is 19.4. The summed E-state index contributed by atoms with van der Waals surface area (Å²) < 4.78 is 34.6. The SMILES string of the molecule is C=C(CCN)CC(F)(F)F. The van der Waals surface area contributed by atoms with Gasteiger partial charge in [0.05, 0.1) is 6.42 Å². The van der Waals surface area contributed by atoms with E-state index in [4.69, 9.17) is 5.73 Å². The Hall–Kier alpha value is -0.510. The van der Waals surface area contributed by atoms with Gasteiger partial charge in [-0.05, 0) is 13.0 Å². The van der Waals surface area contributed by atoms with E-state index in [1.54, 1.807) is 0 Å². The molecule has 0 bridgehead atoms. The maximum atomic E-state index is 11.5. The van der Waals surface area contributed by atoms with Crippen LogP contribution in [-0.4, -0.2) is 12.7 Å². The van der Waals surface area contributed by atoms with E-state index in [1.165, 1.54) is 0 Å². The lowest BCUT2D eigenvalue weighted by molar-refractivity contribution is -0.127. The lowest BCUT2D eigenvalue weighted by Gasteiger charge is -2.06. The molecule has 0 aromatic carbocycles. The largest absolute Gasteiger partial charge is 0.392 e. The Bertz CT molecular complexity index is 117. The van der Waals surface area contributed by atoms with Crippen molar-refractivity contribution < 1.29 is 13.2 Å². The minimum Gasteiger partial charge on any atom is -0.330 e. The highest BCUT2D eigenvalue weighted by molar-refractivity contribution is 4.96. The molecular formula is C6H10F3N. The van der Waals surface area contributed by atoms with Crippen molar-refractivity contribution in [2.75, 3.05) is 6.54 Å². The fraction of sp³-hybridized carbons (Fsp3) is 0.667. The van der Waals surface area contributed by atoms with Gasteiger partial charge in [0.15, 0.2) is 0 Å². The Morgan fingerprint density at radius 2 is 1.90 bits per heavy atom. The molecule has 0 aliphatic heterocycles. The fourth-order valence-corrected chi connectivity index (χ4v) is 0.576. The molecule has 2 N–H and O–H groups in total. The molecule has 0 rings (SSSR count). The number of halogens is 3. The van der Waals surface area contributed by atoms with Crippen molar-refractivity contribution in [2.45, 2.75) is 19.0 Å². The molecular weight excluding hydrogens is 143 g/mol. The minimum absolute atomic E-state index is 0.148. The van der Waals surface area contributed by atoms with Crippen molar-refractivity contribution in [3.8, 4) is 0 Å². The molecule has 0 aromatic rings. The first-order valence-corrected chi connectivity index (χ1v) is 2.89. The first kappa shape index (κ1) is 9.49. The number of alkyl halides is 3. The number of hydrogen-bond acceptors (Lipinski definition) is 1. The van der Waals surface area contributed by atoms with Gasteiger partial charge in [-0.15, -0.1) is 0 Å². The molecule has 0 aromatic heterocycles. The van der Waals surface area contributed by atoms with E-state index in [-0.39, 0.29) is 18.5 Å². The summed E-state index contributed by atoms with van der Waals surface area (Å²) >= 11 is 0. The van der Waals surface area contributed by atoms with Gasteiger partial charge in [-0.2, -0.15) is 13.2 Å². The van der Waals surface area contributed by atoms with E-state index in [2.05, 4.69) is 6.58 Å². The summed E-state index contributed by atoms with van der Waals surface area (Å²) in [6.07, 6.45) is -4.80. The Kier molecular flexibility index (Phi) is 3.42. The molecule has 0 aliphatic carbocycles. The van der Waals surface area contributed by atoms with Gasteiger partial charge in [0, 0.05) is 0 Å². The maximum Gasteiger partial charge on any atom is 0.392 e. The summed E-state index contributed by atoms with van der Waals surface area (Å²) in [4.78, 5) is 0. The molecule has 0 fully saturated rings. The van der Waals surface area contributed by atoms with Crippen molar-refractivity contribution >= 4 is 0 Å². The zero-order chi connectivity index (χ0) is 8.20. The molecule has 0 atom stereocenters. The van der Waals surface area contributed by atoms with Gasteiger partial charge in [-0.1, -0.05) is 12.2 Å². The zero-order valence-corrected chi connectivity index (χ0v) is 5.54. The standard InChI is InChI=1S/C6H10F3N/c1-5(2-3-10)4-6(7,8)9/h1-4,10H2. The molecule has 4 heteroatoms. The van der Waals surface area contributed by atoms with Crippen LogP contribution in [0.15, 0.2) is 12.2 Å². The average Bonchev–Trinajstić information content (AvgIpc) is 1.59. The van der Waals surface area contributed by atoms with Crippen LogP contribution >= 0.6 is 0 Å². The molecule has 10 heavy (non-hydrogen) atoms. The monoisotopic (exact) mass is 153 g/mol. The quantitative estimate of drug-likeness (QED) is 0.615. The Morgan fingerprint density at radius 1 is 1.40 bits per heavy atom. The molecule has 0 radical (unpaired) electrons. The second-order valence-electron chi connectivity index (χ2n) is 2.08. The van der Waals surface area contributed by atoms with Crippen molar-refractivity contribution in [3.05, 3.63) is 12.2 Å². The van der Waals surface area contributed by atoms with Crippen LogP contribution in [0.4, 0.5) is 13.2 Å². The van der Waals surface area contributed by atoms with Crippen LogP contribution < -0.4 is 5.73 Å². The zero-order valence-electron chi connectivity index (χ0n) is 5.54. The van der Waals surface area contributed by atoms with Crippen molar-refractivity contribution in [1.29, 1.82) is 0 Å². The second-order valence-corrected chi connectivity index (χ2v) is 2.08. The molecule has 60 valence electrons. The van der Waals surface area contributed by atoms with Crippen LogP contribution in [0, 0.1) is 0 Å². The number of hydrogen-bond donors (Lipinski definition) is 1. The maximum absolute atomic E-state index is 11.5. The number of nitrogens with two attached hydrogens (primary N) is 1. The van der Waals surface area contributed by atoms with E-state index < -0.39 is 12.6 Å². The Morgan fingerprint density at radius 3 is 2.20 bits per heavy atom. The smallest absolute Gasteiger partial charge is 0.330 e. The predicted octanol–water partition coefficient (Wildman–Crippen LogP) is 1.84. The third kappa shape index (κ3) is 5.62. The second kappa shape index (κ2) is 3.61. The van der Waals surface area contributed by atoms with Crippen LogP contribution in [0.5, 0.6) is 0 Å². The molecule has 1 nitrogen and oxygen atoms in total. The highest BCUT2D eigenvalue weighted by Crippen LogP contribution is 2.24. The summed E-state index contributed by atoms with van der Waals surface area (Å²) in [5.74, 6) is 0. The van der Waals surface area contributed by atoms with Crippen molar-refractivity contribution in [3.63, 3.8) is 0 Å². The fourth-order valence-electron chi connectivity index (χ4n) is 0.576. The predicted molar refractivity (Wildman–Crippen MR) is 33.5 cm³/mol. The van der Waals surface area contributed by atoms with Crippen LogP contribution in [0.2, 0.25) is 0 Å². The first-order chi connectivity index (χ1) is 4.45. The molecule has 0 amide bonds. The Balaban J connectivity index is 3.58. The molecule has 0 aliphatic rings. The van der Waals surface area contributed by atoms with E-state index in [0.717, 1.165) is 0 Å². The van der Waals surface area contributed by atoms with Crippen LogP contribution in [0.25, 0.3) is 0 Å². The van der Waals surface area contributed by atoms with Gasteiger partial charge >= 0.3 is 6.18 Å². The first-order valence-electron chi connectivity index (χ1n) is 2.89. The van der Waals surface area contributed by atoms with E-state index in [1.807, 2.05) is 0 Å². The van der Waals surface area contributed by atoms with E-state index >= 15 is 0 Å². The molecule has 0 spiro atoms. The van der Waals surface area contributed by atoms with Gasteiger partial charge in [0.2, 0.25) is 0 Å². The van der Waals surface area contributed by atoms with E-state index in [9.17, 15) is 13.2 Å². The average molecular weight is 153 g/mol. The van der Waals surface area contributed by atoms with Crippen LogP contribution in [-0.2, 0) is 0 Å². The summed E-state index contributed by atoms with van der Waals surface area (Å²) in [5.41, 5.74) is 5.17. The van der Waals surface area contributed by atoms with Gasteiger partial charge < -0.3 is 5.73 Å². The lowest BCUT2D eigenvalue weighted by Crippen LogP contribution is -2.10. The third-order valence-corrected chi connectivity index (χ3v) is 0.948. The van der Waals surface area contributed by atoms with Crippen molar-refractivity contribution in [2.24, 2.45) is 5.73 Å². The van der Waals surface area contributed by atoms with Gasteiger partial charge in [0.25, 0.3) is 0 Å². The van der Waals surface area contributed by atoms with Crippen LogP contribution in [0.1, 0.15) is 12.8 Å². The third-order valence-electron chi connectivity index (χ3n) is 0.948. The van der Waals surface area contributed by atoms with Gasteiger partial charge in [-0.25, -0.2) is 0 Å². The molecule has 0 saturated heterocycles. The van der Waals surface area contributed by atoms with E-state index in [0.29, 0.717) is 0 Å². The number of rotatable bonds is 3. The summed E-state index contributed by atoms with van der Waals surface area (Å²) in [6, 6.07) is 0. The molecule has 0 saturated carbocycles. The molecule has 0 heterocycles. The minimum atomic E-state index is -4.13. The highest BCUT2D eigenvalue weighted by Gasteiger charge is 2.27. The summed E-state index contributed by atoms with van der Waals surface area (Å²) in [5, 5.41) is 0.